The Kier molecular flexibility index (Phi) is 5.58. The van der Waals surface area contributed by atoms with Gasteiger partial charge in [0, 0.05) is 18.7 Å². The van der Waals surface area contributed by atoms with Crippen LogP contribution in [-0.4, -0.2) is 31.8 Å². The van der Waals surface area contributed by atoms with Crippen molar-refractivity contribution in [1.82, 2.24) is 18.7 Å². The van der Waals surface area contributed by atoms with Crippen molar-refractivity contribution in [2.45, 2.75) is 40.0 Å². The maximum atomic E-state index is 6.47. The maximum Gasteiger partial charge on any atom is 0.139 e. The number of hydrogen-bond acceptors (Lipinski definition) is 7. The van der Waals surface area contributed by atoms with Gasteiger partial charge in [-0.25, -0.2) is 9.97 Å². The number of benzene rings is 1. The lowest BCUT2D eigenvalue weighted by atomic mass is 10.2. The van der Waals surface area contributed by atoms with E-state index in [4.69, 9.17) is 28.2 Å². The summed E-state index contributed by atoms with van der Waals surface area (Å²) < 4.78 is 8.64. The number of nitrogens with zero attached hydrogens (tertiary/aromatic N) is 5. The Morgan fingerprint density at radius 3 is 2.61 bits per heavy atom. The Bertz CT molecular complexity index is 1020. The van der Waals surface area contributed by atoms with E-state index in [0.717, 1.165) is 60.2 Å². The molecule has 6 nitrogen and oxygen atoms in total. The first-order valence-electron chi connectivity index (χ1n) is 9.45. The van der Waals surface area contributed by atoms with E-state index in [1.165, 1.54) is 12.8 Å². The minimum atomic E-state index is 0.491. The average Bonchev–Trinajstić information content (AvgIpc) is 3.33. The lowest BCUT2D eigenvalue weighted by Crippen LogP contribution is -2.29. The van der Waals surface area contributed by atoms with Gasteiger partial charge in [0.2, 0.25) is 0 Å². The van der Waals surface area contributed by atoms with Gasteiger partial charge in [-0.2, -0.15) is 8.75 Å². The number of rotatable bonds is 7. The van der Waals surface area contributed by atoms with Gasteiger partial charge in [0.05, 0.1) is 27.5 Å². The van der Waals surface area contributed by atoms with Gasteiger partial charge in [0.25, 0.3) is 0 Å². The van der Waals surface area contributed by atoms with Crippen LogP contribution in [0.1, 0.15) is 37.6 Å². The second kappa shape index (κ2) is 7.97. The van der Waals surface area contributed by atoms with E-state index in [1.54, 1.807) is 6.07 Å². The third-order valence-electron chi connectivity index (χ3n) is 4.89. The molecule has 148 valence electrons. The van der Waals surface area contributed by atoms with Crippen LogP contribution in [-0.2, 0) is 0 Å². The van der Waals surface area contributed by atoms with Gasteiger partial charge in [-0.3, -0.25) is 0 Å². The zero-order chi connectivity index (χ0) is 19.8. The number of aryl methyl sites for hydroxylation is 1. The standard InChI is InChI=1S/C19H22Cl2N6S/c1-4-7-27(9-12-5-6-12)19-10(2)18(22-11(3)23-19)24-15-13(20)8-14(21)16-17(15)26-28-25-16/h8,12H,4-7,9H2,1-3H3,(H,22,23,24). The lowest BCUT2D eigenvalue weighted by molar-refractivity contribution is 0.694. The van der Waals surface area contributed by atoms with Crippen molar-refractivity contribution >= 4 is 63.3 Å². The van der Waals surface area contributed by atoms with Crippen LogP contribution in [0.4, 0.5) is 17.3 Å². The number of hydrogen-bond donors (Lipinski definition) is 1. The second-order valence-corrected chi connectivity index (χ2v) is 8.60. The summed E-state index contributed by atoms with van der Waals surface area (Å²) in [4.78, 5) is 11.8. The minimum Gasteiger partial charge on any atom is -0.356 e. The smallest absolute Gasteiger partial charge is 0.139 e. The van der Waals surface area contributed by atoms with Crippen LogP contribution in [0.3, 0.4) is 0 Å². The van der Waals surface area contributed by atoms with Crippen LogP contribution < -0.4 is 10.2 Å². The predicted molar refractivity (Wildman–Crippen MR) is 117 cm³/mol. The lowest BCUT2D eigenvalue weighted by Gasteiger charge is -2.26. The van der Waals surface area contributed by atoms with E-state index in [1.807, 2.05) is 13.8 Å². The summed E-state index contributed by atoms with van der Waals surface area (Å²) in [6, 6.07) is 1.69. The topological polar surface area (TPSA) is 66.8 Å². The molecule has 2 heterocycles. The molecule has 0 aliphatic heterocycles. The van der Waals surface area contributed by atoms with Crippen LogP contribution in [0.2, 0.25) is 10.0 Å². The molecule has 1 saturated carbocycles. The molecule has 0 amide bonds. The van der Waals surface area contributed by atoms with Crippen molar-refractivity contribution in [2.75, 3.05) is 23.3 Å². The summed E-state index contributed by atoms with van der Waals surface area (Å²) in [7, 11) is 0. The fourth-order valence-corrected chi connectivity index (χ4v) is 4.48. The summed E-state index contributed by atoms with van der Waals surface area (Å²) in [5.74, 6) is 3.22. The molecule has 1 aromatic carbocycles. The van der Waals surface area contributed by atoms with E-state index in [2.05, 4.69) is 30.9 Å². The summed E-state index contributed by atoms with van der Waals surface area (Å²) in [6.07, 6.45) is 3.69. The van der Waals surface area contributed by atoms with E-state index < -0.39 is 0 Å². The number of halogens is 2. The Labute approximate surface area is 178 Å². The van der Waals surface area contributed by atoms with Crippen molar-refractivity contribution in [3.63, 3.8) is 0 Å². The number of aromatic nitrogens is 4. The van der Waals surface area contributed by atoms with Gasteiger partial charge in [-0.1, -0.05) is 30.1 Å². The van der Waals surface area contributed by atoms with Gasteiger partial charge in [-0.05, 0) is 45.1 Å². The molecular weight excluding hydrogens is 415 g/mol. The highest BCUT2D eigenvalue weighted by atomic mass is 35.5. The van der Waals surface area contributed by atoms with Gasteiger partial charge in [-0.15, -0.1) is 0 Å². The molecule has 0 atom stereocenters. The number of anilines is 3. The molecule has 3 aromatic rings. The SMILES string of the molecule is CCCN(CC1CC1)c1nc(C)nc(Nc2c(Cl)cc(Cl)c3nsnc23)c1C. The molecule has 1 aliphatic carbocycles. The van der Waals surface area contributed by atoms with E-state index in [9.17, 15) is 0 Å². The highest BCUT2D eigenvalue weighted by Crippen LogP contribution is 2.38. The highest BCUT2D eigenvalue weighted by Gasteiger charge is 2.26. The first-order valence-corrected chi connectivity index (χ1v) is 10.9. The zero-order valence-electron chi connectivity index (χ0n) is 16.1. The number of fused-ring (bicyclic) bond motifs is 1. The molecule has 0 saturated heterocycles. The molecule has 2 aromatic heterocycles. The fraction of sp³-hybridized carbons (Fsp3) is 0.474. The van der Waals surface area contributed by atoms with Crippen molar-refractivity contribution < 1.29 is 0 Å². The largest absolute Gasteiger partial charge is 0.356 e. The van der Waals surface area contributed by atoms with Crippen LogP contribution >= 0.6 is 34.9 Å². The normalized spacial score (nSPS) is 13.9. The maximum absolute atomic E-state index is 6.47. The van der Waals surface area contributed by atoms with Crippen molar-refractivity contribution in [3.05, 3.63) is 27.5 Å². The summed E-state index contributed by atoms with van der Waals surface area (Å²) in [5.41, 5.74) is 2.97. The molecule has 1 aliphatic rings. The van der Waals surface area contributed by atoms with Crippen molar-refractivity contribution in [1.29, 1.82) is 0 Å². The first-order chi connectivity index (χ1) is 13.5. The minimum absolute atomic E-state index is 0.491. The quantitative estimate of drug-likeness (QED) is 0.506. The molecular formula is C19H22Cl2N6S. The molecule has 9 heteroatoms. The Balaban J connectivity index is 1.75. The monoisotopic (exact) mass is 436 g/mol. The molecule has 0 spiro atoms. The molecule has 0 radical (unpaired) electrons. The van der Waals surface area contributed by atoms with E-state index in [0.29, 0.717) is 26.8 Å². The summed E-state index contributed by atoms with van der Waals surface area (Å²) in [6.45, 7) is 8.19. The summed E-state index contributed by atoms with van der Waals surface area (Å²) in [5, 5.41) is 4.37. The predicted octanol–water partition coefficient (Wildman–Crippen LogP) is 5.77. The molecule has 28 heavy (non-hydrogen) atoms. The van der Waals surface area contributed by atoms with Gasteiger partial charge in [0.15, 0.2) is 0 Å². The van der Waals surface area contributed by atoms with Crippen LogP contribution in [0.15, 0.2) is 6.07 Å². The van der Waals surface area contributed by atoms with Gasteiger partial charge in [0.1, 0.15) is 28.5 Å². The van der Waals surface area contributed by atoms with Gasteiger partial charge < -0.3 is 10.2 Å². The van der Waals surface area contributed by atoms with Crippen LogP contribution in [0, 0.1) is 19.8 Å². The molecule has 1 N–H and O–H groups in total. The third kappa shape index (κ3) is 3.88. The van der Waals surface area contributed by atoms with Gasteiger partial charge >= 0.3 is 0 Å². The van der Waals surface area contributed by atoms with Crippen LogP contribution in [0.25, 0.3) is 11.0 Å². The Morgan fingerprint density at radius 1 is 1.14 bits per heavy atom. The Hall–Kier alpha value is -1.70. The van der Waals surface area contributed by atoms with E-state index in [-0.39, 0.29) is 0 Å². The summed E-state index contributed by atoms with van der Waals surface area (Å²) >= 11 is 13.8. The molecule has 4 rings (SSSR count). The first kappa shape index (κ1) is 19.6. The van der Waals surface area contributed by atoms with Crippen molar-refractivity contribution in [3.8, 4) is 0 Å². The molecule has 1 fully saturated rings. The third-order valence-corrected chi connectivity index (χ3v) is 6.00. The Morgan fingerprint density at radius 2 is 1.89 bits per heavy atom. The fourth-order valence-electron chi connectivity index (χ4n) is 3.32. The van der Waals surface area contributed by atoms with E-state index >= 15 is 0 Å². The average molecular weight is 437 g/mol. The van der Waals surface area contributed by atoms with Crippen molar-refractivity contribution in [2.24, 2.45) is 5.92 Å². The van der Waals surface area contributed by atoms with Crippen LogP contribution in [0.5, 0.6) is 0 Å². The molecule has 0 bridgehead atoms. The zero-order valence-corrected chi connectivity index (χ0v) is 18.4. The molecule has 0 unspecified atom stereocenters. The second-order valence-electron chi connectivity index (χ2n) is 7.26. The number of nitrogens with one attached hydrogen (secondary N) is 1. The highest BCUT2D eigenvalue weighted by molar-refractivity contribution is 7.00.